The zero-order valence-corrected chi connectivity index (χ0v) is 15.1. The summed E-state index contributed by atoms with van der Waals surface area (Å²) in [6, 6.07) is 0.663. The zero-order chi connectivity index (χ0) is 15.6. The van der Waals surface area contributed by atoms with Crippen LogP contribution < -0.4 is 5.32 Å². The first-order valence-corrected chi connectivity index (χ1v) is 8.59. The molecule has 20 heavy (non-hydrogen) atoms. The lowest BCUT2D eigenvalue weighted by Gasteiger charge is -2.33. The molecule has 0 rings (SSSR count). The van der Waals surface area contributed by atoms with E-state index in [0.717, 1.165) is 13.1 Å². The van der Waals surface area contributed by atoms with Crippen LogP contribution in [0, 0.1) is 0 Å². The molecule has 1 N–H and O–H groups in total. The predicted octanol–water partition coefficient (Wildman–Crippen LogP) is 3.21. The molecule has 0 aliphatic rings. The highest BCUT2D eigenvalue weighted by Gasteiger charge is 2.18. The molecule has 122 valence electrons. The van der Waals surface area contributed by atoms with Crippen molar-refractivity contribution in [1.29, 1.82) is 0 Å². The first-order valence-electron chi connectivity index (χ1n) is 8.59. The topological polar surface area (TPSA) is 18.5 Å². The second-order valence-electron chi connectivity index (χ2n) is 6.70. The van der Waals surface area contributed by atoms with Crippen molar-refractivity contribution in [1.82, 2.24) is 15.1 Å². The van der Waals surface area contributed by atoms with Gasteiger partial charge in [0.25, 0.3) is 0 Å². The van der Waals surface area contributed by atoms with Crippen LogP contribution in [0.25, 0.3) is 0 Å². The van der Waals surface area contributed by atoms with Gasteiger partial charge in [-0.15, -0.1) is 0 Å². The highest BCUT2D eigenvalue weighted by Crippen LogP contribution is 2.07. The maximum atomic E-state index is 3.66. The minimum Gasteiger partial charge on any atom is -0.311 e. The van der Waals surface area contributed by atoms with E-state index >= 15 is 0 Å². The van der Waals surface area contributed by atoms with Crippen LogP contribution in [0.5, 0.6) is 0 Å². The van der Waals surface area contributed by atoms with E-state index in [0.29, 0.717) is 6.04 Å². The normalized spacial score (nSPS) is 14.2. The lowest BCUT2D eigenvalue weighted by atomic mass is 10.1. The van der Waals surface area contributed by atoms with E-state index < -0.39 is 0 Å². The minimum atomic E-state index is 0.216. The first-order chi connectivity index (χ1) is 9.37. The van der Waals surface area contributed by atoms with E-state index in [2.05, 4.69) is 63.6 Å². The van der Waals surface area contributed by atoms with Gasteiger partial charge in [0.2, 0.25) is 0 Å². The molecule has 1 atom stereocenters. The van der Waals surface area contributed by atoms with E-state index in [-0.39, 0.29) is 5.54 Å². The first kappa shape index (κ1) is 19.9. The quantitative estimate of drug-likeness (QED) is 0.629. The lowest BCUT2D eigenvalue weighted by molar-refractivity contribution is 0.173. The summed E-state index contributed by atoms with van der Waals surface area (Å²) in [6.45, 7) is 22.9. The predicted molar refractivity (Wildman–Crippen MR) is 91.5 cm³/mol. The van der Waals surface area contributed by atoms with Crippen molar-refractivity contribution in [3.63, 3.8) is 0 Å². The van der Waals surface area contributed by atoms with E-state index in [9.17, 15) is 0 Å². The Morgan fingerprint density at radius 2 is 1.50 bits per heavy atom. The van der Waals surface area contributed by atoms with Crippen molar-refractivity contribution < 1.29 is 0 Å². The largest absolute Gasteiger partial charge is 0.311 e. The number of rotatable bonds is 11. The molecular formula is C17H39N3. The lowest BCUT2D eigenvalue weighted by Crippen LogP contribution is -2.48. The van der Waals surface area contributed by atoms with Gasteiger partial charge in [0.1, 0.15) is 0 Å². The summed E-state index contributed by atoms with van der Waals surface area (Å²) in [4.78, 5) is 5.16. The second-order valence-corrected chi connectivity index (χ2v) is 6.70. The van der Waals surface area contributed by atoms with E-state index in [1.807, 2.05) is 0 Å². The molecule has 0 saturated carbocycles. The van der Waals surface area contributed by atoms with Gasteiger partial charge in [0.15, 0.2) is 0 Å². The molecule has 0 aromatic heterocycles. The van der Waals surface area contributed by atoms with Gasteiger partial charge in [-0.1, -0.05) is 27.7 Å². The van der Waals surface area contributed by atoms with Crippen LogP contribution in [-0.2, 0) is 0 Å². The van der Waals surface area contributed by atoms with Crippen LogP contribution in [0.4, 0.5) is 0 Å². The summed E-state index contributed by atoms with van der Waals surface area (Å²) in [7, 11) is 0. The number of hydrogen-bond acceptors (Lipinski definition) is 3. The van der Waals surface area contributed by atoms with Gasteiger partial charge in [-0.25, -0.2) is 0 Å². The van der Waals surface area contributed by atoms with Gasteiger partial charge < -0.3 is 10.2 Å². The summed E-state index contributed by atoms with van der Waals surface area (Å²) in [5.74, 6) is 0. The molecule has 0 aliphatic heterocycles. The molecule has 0 aliphatic carbocycles. The molecule has 3 heteroatoms. The molecule has 0 spiro atoms. The third-order valence-corrected chi connectivity index (χ3v) is 4.08. The van der Waals surface area contributed by atoms with Crippen LogP contribution in [0.2, 0.25) is 0 Å². The molecule has 0 heterocycles. The number of nitrogens with one attached hydrogen (secondary N) is 1. The Kier molecular flexibility index (Phi) is 10.5. The van der Waals surface area contributed by atoms with E-state index in [1.54, 1.807) is 0 Å². The van der Waals surface area contributed by atoms with Crippen molar-refractivity contribution in [2.45, 2.75) is 72.9 Å². The molecular weight excluding hydrogens is 246 g/mol. The fraction of sp³-hybridized carbons (Fsp3) is 1.00. The third kappa shape index (κ3) is 8.93. The highest BCUT2D eigenvalue weighted by molar-refractivity contribution is 4.78. The number of likely N-dealkylation sites (N-methyl/N-ethyl adjacent to an activating group) is 1. The molecule has 3 nitrogen and oxygen atoms in total. The van der Waals surface area contributed by atoms with Crippen LogP contribution >= 0.6 is 0 Å². The third-order valence-electron chi connectivity index (χ3n) is 4.08. The SMILES string of the molecule is CCC(CNC(C)(C)C)N(CC)CCCN(CC)CC. The molecule has 0 bridgehead atoms. The monoisotopic (exact) mass is 285 g/mol. The summed E-state index contributed by atoms with van der Waals surface area (Å²) in [5.41, 5.74) is 0.216. The van der Waals surface area contributed by atoms with Crippen LogP contribution in [0.3, 0.4) is 0 Å². The van der Waals surface area contributed by atoms with Gasteiger partial charge in [-0.05, 0) is 66.3 Å². The minimum absolute atomic E-state index is 0.216. The van der Waals surface area contributed by atoms with Gasteiger partial charge in [0.05, 0.1) is 0 Å². The molecule has 0 radical (unpaired) electrons. The van der Waals surface area contributed by atoms with Gasteiger partial charge in [-0.3, -0.25) is 4.90 Å². The Morgan fingerprint density at radius 3 is 1.90 bits per heavy atom. The number of hydrogen-bond donors (Lipinski definition) is 1. The Labute approximate surface area is 128 Å². The summed E-state index contributed by atoms with van der Waals surface area (Å²) in [5, 5.41) is 3.66. The van der Waals surface area contributed by atoms with Crippen LogP contribution in [-0.4, -0.2) is 60.6 Å². The maximum Gasteiger partial charge on any atom is 0.0218 e. The second kappa shape index (κ2) is 10.6. The van der Waals surface area contributed by atoms with Gasteiger partial charge in [0, 0.05) is 18.1 Å². The smallest absolute Gasteiger partial charge is 0.0218 e. The summed E-state index contributed by atoms with van der Waals surface area (Å²) in [6.07, 6.45) is 2.50. The maximum absolute atomic E-state index is 3.66. The zero-order valence-electron chi connectivity index (χ0n) is 15.1. The Bertz CT molecular complexity index is 219. The van der Waals surface area contributed by atoms with Crippen molar-refractivity contribution >= 4 is 0 Å². The molecule has 0 saturated heterocycles. The molecule has 0 amide bonds. The van der Waals surface area contributed by atoms with E-state index in [4.69, 9.17) is 0 Å². The standard InChI is InChI=1S/C17H39N3/c1-8-16(15-18-17(5,6)7)20(11-4)14-12-13-19(9-2)10-3/h16,18H,8-15H2,1-7H3. The van der Waals surface area contributed by atoms with Gasteiger partial charge in [-0.2, -0.15) is 0 Å². The summed E-state index contributed by atoms with van der Waals surface area (Å²) < 4.78 is 0. The Morgan fingerprint density at radius 1 is 0.900 bits per heavy atom. The Hall–Kier alpha value is -0.120. The molecule has 0 aromatic rings. The van der Waals surface area contributed by atoms with Gasteiger partial charge >= 0.3 is 0 Å². The molecule has 0 aromatic carbocycles. The number of nitrogens with zero attached hydrogens (tertiary/aromatic N) is 2. The molecule has 0 fully saturated rings. The van der Waals surface area contributed by atoms with Crippen molar-refractivity contribution in [2.75, 3.05) is 39.3 Å². The van der Waals surface area contributed by atoms with Crippen molar-refractivity contribution in [3.8, 4) is 0 Å². The molecule has 1 unspecified atom stereocenters. The van der Waals surface area contributed by atoms with Crippen LogP contribution in [0.1, 0.15) is 61.3 Å². The average Bonchev–Trinajstić information content (AvgIpc) is 2.40. The Balaban J connectivity index is 4.18. The highest BCUT2D eigenvalue weighted by atomic mass is 15.2. The average molecular weight is 286 g/mol. The fourth-order valence-electron chi connectivity index (χ4n) is 2.59. The summed E-state index contributed by atoms with van der Waals surface area (Å²) >= 11 is 0. The van der Waals surface area contributed by atoms with E-state index in [1.165, 1.54) is 39.0 Å². The fourth-order valence-corrected chi connectivity index (χ4v) is 2.59. The van der Waals surface area contributed by atoms with Crippen molar-refractivity contribution in [3.05, 3.63) is 0 Å². The van der Waals surface area contributed by atoms with Crippen molar-refractivity contribution in [2.24, 2.45) is 0 Å². The van der Waals surface area contributed by atoms with Crippen LogP contribution in [0.15, 0.2) is 0 Å².